The lowest BCUT2D eigenvalue weighted by atomic mass is 10.1. The van der Waals surface area contributed by atoms with E-state index in [0.717, 1.165) is 4.90 Å². The number of pyridine rings is 1. The van der Waals surface area contributed by atoms with Crippen LogP contribution in [0.1, 0.15) is 24.5 Å². The first-order valence-electron chi connectivity index (χ1n) is 5.90. The molecule has 1 aromatic rings. The Hall–Kier alpha value is -2.18. The Kier molecular flexibility index (Phi) is 3.64. The standard InChI is InChI=1S/C12H14FN3O3/c1-7(17)15-11-10(13)9-6-16(12(18)19)4-2-3-8(9)5-14-11/h5H,2-4,6H2,1H3,(H,18,19)(H,14,15,17). The minimum atomic E-state index is -1.08. The topological polar surface area (TPSA) is 82.5 Å². The van der Waals surface area contributed by atoms with Crippen molar-refractivity contribution in [3.63, 3.8) is 0 Å². The quantitative estimate of drug-likeness (QED) is 0.809. The summed E-state index contributed by atoms with van der Waals surface area (Å²) in [4.78, 5) is 27.0. The molecule has 0 aliphatic carbocycles. The van der Waals surface area contributed by atoms with Gasteiger partial charge in [-0.25, -0.2) is 14.2 Å². The summed E-state index contributed by atoms with van der Waals surface area (Å²) in [6, 6.07) is 0. The second kappa shape index (κ2) is 5.21. The van der Waals surface area contributed by atoms with Crippen LogP contribution < -0.4 is 5.32 Å². The van der Waals surface area contributed by atoms with Gasteiger partial charge in [0, 0.05) is 25.2 Å². The van der Waals surface area contributed by atoms with Crippen molar-refractivity contribution in [2.45, 2.75) is 26.3 Å². The molecule has 2 amide bonds. The van der Waals surface area contributed by atoms with Crippen LogP contribution in [-0.4, -0.2) is 33.5 Å². The molecule has 1 aromatic heterocycles. The van der Waals surface area contributed by atoms with Gasteiger partial charge in [0.15, 0.2) is 11.6 Å². The molecule has 2 N–H and O–H groups in total. The molecule has 0 saturated carbocycles. The average molecular weight is 267 g/mol. The molecular formula is C12H14FN3O3. The van der Waals surface area contributed by atoms with Gasteiger partial charge in [-0.1, -0.05) is 0 Å². The normalized spacial score (nSPS) is 14.5. The van der Waals surface area contributed by atoms with Crippen LogP contribution in [0.25, 0.3) is 0 Å². The van der Waals surface area contributed by atoms with E-state index in [0.29, 0.717) is 30.5 Å². The summed E-state index contributed by atoms with van der Waals surface area (Å²) < 4.78 is 14.2. The Labute approximate surface area is 109 Å². The number of hydrogen-bond acceptors (Lipinski definition) is 3. The molecule has 19 heavy (non-hydrogen) atoms. The fourth-order valence-electron chi connectivity index (χ4n) is 2.09. The maximum absolute atomic E-state index is 14.2. The number of carbonyl (C=O) groups excluding carboxylic acids is 1. The Balaban J connectivity index is 2.39. The fraction of sp³-hybridized carbons (Fsp3) is 0.417. The summed E-state index contributed by atoms with van der Waals surface area (Å²) >= 11 is 0. The van der Waals surface area contributed by atoms with E-state index in [-0.39, 0.29) is 12.4 Å². The van der Waals surface area contributed by atoms with Gasteiger partial charge in [0.25, 0.3) is 0 Å². The van der Waals surface area contributed by atoms with Crippen molar-refractivity contribution in [1.29, 1.82) is 0 Å². The molecule has 0 spiro atoms. The first-order chi connectivity index (χ1) is 8.99. The molecule has 0 bridgehead atoms. The van der Waals surface area contributed by atoms with E-state index in [1.165, 1.54) is 13.1 Å². The first kappa shape index (κ1) is 13.3. The van der Waals surface area contributed by atoms with E-state index < -0.39 is 17.8 Å². The van der Waals surface area contributed by atoms with E-state index in [1.54, 1.807) is 0 Å². The Morgan fingerprint density at radius 3 is 2.89 bits per heavy atom. The Morgan fingerprint density at radius 1 is 1.53 bits per heavy atom. The third-order valence-electron chi connectivity index (χ3n) is 3.00. The number of nitrogens with zero attached hydrogens (tertiary/aromatic N) is 2. The molecule has 0 saturated heterocycles. The minimum Gasteiger partial charge on any atom is -0.465 e. The second-order valence-electron chi connectivity index (χ2n) is 4.41. The highest BCUT2D eigenvalue weighted by molar-refractivity contribution is 5.87. The minimum absolute atomic E-state index is 0.0222. The van der Waals surface area contributed by atoms with Crippen molar-refractivity contribution in [1.82, 2.24) is 9.88 Å². The number of hydrogen-bond donors (Lipinski definition) is 2. The van der Waals surface area contributed by atoms with Crippen LogP contribution >= 0.6 is 0 Å². The molecule has 102 valence electrons. The van der Waals surface area contributed by atoms with E-state index >= 15 is 0 Å². The third-order valence-corrected chi connectivity index (χ3v) is 3.00. The molecule has 1 aliphatic rings. The number of amides is 2. The molecule has 7 heteroatoms. The monoisotopic (exact) mass is 267 g/mol. The second-order valence-corrected chi connectivity index (χ2v) is 4.41. The van der Waals surface area contributed by atoms with Crippen LogP contribution in [0.2, 0.25) is 0 Å². The van der Waals surface area contributed by atoms with Crippen molar-refractivity contribution >= 4 is 17.8 Å². The summed E-state index contributed by atoms with van der Waals surface area (Å²) in [5.74, 6) is -1.23. The van der Waals surface area contributed by atoms with Crippen LogP contribution in [0.4, 0.5) is 15.0 Å². The molecule has 0 radical (unpaired) electrons. The van der Waals surface area contributed by atoms with Gasteiger partial charge in [0.1, 0.15) is 0 Å². The van der Waals surface area contributed by atoms with Gasteiger partial charge in [-0.05, 0) is 18.4 Å². The molecule has 0 fully saturated rings. The maximum Gasteiger partial charge on any atom is 0.407 e. The molecule has 0 aromatic carbocycles. The van der Waals surface area contributed by atoms with Gasteiger partial charge in [-0.2, -0.15) is 0 Å². The molecule has 2 rings (SSSR count). The largest absolute Gasteiger partial charge is 0.465 e. The number of anilines is 1. The molecule has 2 heterocycles. The summed E-state index contributed by atoms with van der Waals surface area (Å²) in [6.07, 6.45) is 1.61. The average Bonchev–Trinajstić information content (AvgIpc) is 2.55. The summed E-state index contributed by atoms with van der Waals surface area (Å²) in [5.41, 5.74) is 0.981. The molecule has 0 atom stereocenters. The Morgan fingerprint density at radius 2 is 2.26 bits per heavy atom. The molecule has 6 nitrogen and oxygen atoms in total. The number of carboxylic acid groups (broad SMARTS) is 1. The zero-order valence-corrected chi connectivity index (χ0v) is 10.4. The van der Waals surface area contributed by atoms with Gasteiger partial charge in [0.2, 0.25) is 5.91 Å². The zero-order chi connectivity index (χ0) is 14.0. The lowest BCUT2D eigenvalue weighted by Crippen LogP contribution is -2.29. The lowest BCUT2D eigenvalue weighted by molar-refractivity contribution is -0.114. The molecular weight excluding hydrogens is 253 g/mol. The van der Waals surface area contributed by atoms with Crippen molar-refractivity contribution in [2.24, 2.45) is 0 Å². The van der Waals surface area contributed by atoms with Crippen LogP contribution in [0.15, 0.2) is 6.20 Å². The highest BCUT2D eigenvalue weighted by Gasteiger charge is 2.23. The Bertz CT molecular complexity index is 533. The van der Waals surface area contributed by atoms with Gasteiger partial charge in [-0.3, -0.25) is 4.79 Å². The number of aromatic nitrogens is 1. The van der Waals surface area contributed by atoms with Crippen LogP contribution in [0, 0.1) is 5.82 Å². The van der Waals surface area contributed by atoms with Crippen molar-refractivity contribution in [3.05, 3.63) is 23.1 Å². The van der Waals surface area contributed by atoms with Crippen LogP contribution in [0.5, 0.6) is 0 Å². The van der Waals surface area contributed by atoms with Gasteiger partial charge >= 0.3 is 6.09 Å². The summed E-state index contributed by atoms with van der Waals surface area (Å²) in [7, 11) is 0. The third kappa shape index (κ3) is 2.81. The lowest BCUT2D eigenvalue weighted by Gasteiger charge is -2.17. The van der Waals surface area contributed by atoms with E-state index in [2.05, 4.69) is 10.3 Å². The van der Waals surface area contributed by atoms with Gasteiger partial charge < -0.3 is 15.3 Å². The zero-order valence-electron chi connectivity index (χ0n) is 10.4. The predicted molar refractivity (Wildman–Crippen MR) is 65.3 cm³/mol. The summed E-state index contributed by atoms with van der Waals surface area (Å²) in [6.45, 7) is 1.60. The molecule has 0 unspecified atom stereocenters. The van der Waals surface area contributed by atoms with Crippen molar-refractivity contribution in [3.8, 4) is 0 Å². The number of halogens is 1. The van der Waals surface area contributed by atoms with Crippen molar-refractivity contribution < 1.29 is 19.1 Å². The predicted octanol–water partition coefficient (Wildman–Crippen LogP) is 1.61. The summed E-state index contributed by atoms with van der Waals surface area (Å²) in [5, 5.41) is 11.3. The van der Waals surface area contributed by atoms with Crippen LogP contribution in [-0.2, 0) is 17.8 Å². The SMILES string of the molecule is CC(=O)Nc1ncc2c(c1F)CN(C(=O)O)CCC2. The first-order valence-corrected chi connectivity index (χ1v) is 5.90. The van der Waals surface area contributed by atoms with Crippen molar-refractivity contribution in [2.75, 3.05) is 11.9 Å². The molecule has 1 aliphatic heterocycles. The number of fused-ring (bicyclic) bond motifs is 1. The van der Waals surface area contributed by atoms with Gasteiger partial charge in [-0.15, -0.1) is 0 Å². The van der Waals surface area contributed by atoms with Crippen LogP contribution in [0.3, 0.4) is 0 Å². The highest BCUT2D eigenvalue weighted by Crippen LogP contribution is 2.25. The highest BCUT2D eigenvalue weighted by atomic mass is 19.1. The van der Waals surface area contributed by atoms with E-state index in [9.17, 15) is 14.0 Å². The van der Waals surface area contributed by atoms with E-state index in [1.807, 2.05) is 0 Å². The van der Waals surface area contributed by atoms with E-state index in [4.69, 9.17) is 5.11 Å². The number of aryl methyl sites for hydroxylation is 1. The number of nitrogens with one attached hydrogen (secondary N) is 1. The smallest absolute Gasteiger partial charge is 0.407 e. The number of carbonyl (C=O) groups is 2. The van der Waals surface area contributed by atoms with Gasteiger partial charge in [0.05, 0.1) is 6.54 Å². The number of rotatable bonds is 1. The fourth-order valence-corrected chi connectivity index (χ4v) is 2.09. The maximum atomic E-state index is 14.2.